The van der Waals surface area contributed by atoms with E-state index >= 15 is 0 Å². The maximum atomic E-state index is 13.3. The molecule has 0 bridgehead atoms. The Morgan fingerprint density at radius 1 is 0.780 bits per heavy atom. The molecule has 3 atom stereocenters. The molecule has 222 valence electrons. The van der Waals surface area contributed by atoms with E-state index in [2.05, 4.69) is 16.3 Å². The van der Waals surface area contributed by atoms with Gasteiger partial charge in [0.2, 0.25) is 17.3 Å². The van der Waals surface area contributed by atoms with Gasteiger partial charge in [-0.25, -0.2) is 0 Å². The molecule has 2 aromatic carbocycles. The molecule has 1 aliphatic heterocycles. The lowest BCUT2D eigenvalue weighted by atomic mass is 9.97. The van der Waals surface area contributed by atoms with Crippen LogP contribution in [0.3, 0.4) is 0 Å². The van der Waals surface area contributed by atoms with Crippen molar-refractivity contribution < 1.29 is 28.9 Å². The largest absolute Gasteiger partial charge is 0.321 e. The molecule has 1 saturated heterocycles. The van der Waals surface area contributed by atoms with Crippen LogP contribution in [0.1, 0.15) is 52.7 Å². The number of hydrogen-bond acceptors (Lipinski definition) is 9. The Bertz CT molecular complexity index is 1100. The van der Waals surface area contributed by atoms with Crippen molar-refractivity contribution in [2.45, 2.75) is 83.7 Å². The number of amides is 1. The molecular formula is C31H42N4O6. The van der Waals surface area contributed by atoms with E-state index in [1.165, 1.54) is 4.90 Å². The Morgan fingerprint density at radius 3 is 1.66 bits per heavy atom. The molecule has 3 N–H and O–H groups in total. The van der Waals surface area contributed by atoms with E-state index in [9.17, 15) is 19.2 Å². The Morgan fingerprint density at radius 2 is 1.22 bits per heavy atom. The first-order valence-corrected chi connectivity index (χ1v) is 13.8. The molecule has 1 unspecified atom stereocenters. The van der Waals surface area contributed by atoms with Gasteiger partial charge in [-0.15, -0.1) is 0 Å². The molecule has 1 heterocycles. The van der Waals surface area contributed by atoms with Gasteiger partial charge < -0.3 is 4.90 Å². The Kier molecular flexibility index (Phi) is 11.1. The highest BCUT2D eigenvalue weighted by molar-refractivity contribution is 6.41. The van der Waals surface area contributed by atoms with Crippen molar-refractivity contribution >= 4 is 23.3 Å². The second-order valence-electron chi connectivity index (χ2n) is 12.2. The third kappa shape index (κ3) is 10.2. The summed E-state index contributed by atoms with van der Waals surface area (Å²) in [4.78, 5) is 65.7. The number of hydroxylamine groups is 2. The molecule has 1 fully saturated rings. The quantitative estimate of drug-likeness (QED) is 0.247. The molecule has 0 spiro atoms. The first-order chi connectivity index (χ1) is 19.2. The molecule has 0 aromatic heterocycles. The van der Waals surface area contributed by atoms with Crippen LogP contribution in [0.5, 0.6) is 0 Å². The van der Waals surface area contributed by atoms with Crippen molar-refractivity contribution in [3.8, 4) is 0 Å². The van der Waals surface area contributed by atoms with Crippen LogP contribution in [0.15, 0.2) is 60.7 Å². The van der Waals surface area contributed by atoms with E-state index in [1.54, 1.807) is 0 Å². The number of carbonyl (C=O) groups is 4. The van der Waals surface area contributed by atoms with Gasteiger partial charge in [0.1, 0.15) is 12.1 Å². The molecule has 10 heteroatoms. The summed E-state index contributed by atoms with van der Waals surface area (Å²) < 4.78 is 0. The van der Waals surface area contributed by atoms with Crippen LogP contribution in [-0.4, -0.2) is 70.7 Å². The van der Waals surface area contributed by atoms with E-state index in [0.717, 1.165) is 11.1 Å². The number of carbonyl (C=O) groups excluding carboxylic acids is 4. The molecule has 3 rings (SSSR count). The smallest absolute Gasteiger partial charge is 0.292 e. The highest BCUT2D eigenvalue weighted by atomic mass is 16.7. The highest BCUT2D eigenvalue weighted by Gasteiger charge is 2.40. The first kappa shape index (κ1) is 32.2. The standard InChI is InChI=1S/C31H42N4O6/c1-30(2,3)40-33-23(17-21-13-9-7-10-14-21)26(36)27(37)25-19-35(20-32-25)29(39)28(38)24(34-41-31(4,5)6)18-22-15-11-8-12-16-22/h7-16,23-25,32-34H,17-20H2,1-6H3/t23-,24-,25?/m0/s1. The van der Waals surface area contributed by atoms with E-state index in [4.69, 9.17) is 9.68 Å². The fourth-order valence-electron chi connectivity index (χ4n) is 4.12. The fourth-order valence-corrected chi connectivity index (χ4v) is 4.12. The molecule has 0 saturated carbocycles. The summed E-state index contributed by atoms with van der Waals surface area (Å²) in [6.07, 6.45) is 0.486. The molecule has 41 heavy (non-hydrogen) atoms. The second-order valence-corrected chi connectivity index (χ2v) is 12.2. The van der Waals surface area contributed by atoms with Gasteiger partial charge in [0, 0.05) is 6.54 Å². The van der Waals surface area contributed by atoms with Gasteiger partial charge in [-0.1, -0.05) is 60.7 Å². The van der Waals surface area contributed by atoms with E-state index < -0.39 is 52.6 Å². The number of benzene rings is 2. The molecule has 0 radical (unpaired) electrons. The number of nitrogens with zero attached hydrogens (tertiary/aromatic N) is 1. The minimum absolute atomic E-state index is 0.0400. The molecule has 1 amide bonds. The van der Waals surface area contributed by atoms with Gasteiger partial charge in [-0.05, 0) is 65.5 Å². The van der Waals surface area contributed by atoms with Gasteiger partial charge >= 0.3 is 0 Å². The Hall–Kier alpha value is -3.28. The average Bonchev–Trinajstić information content (AvgIpc) is 3.42. The number of hydrogen-bond donors (Lipinski definition) is 3. The summed E-state index contributed by atoms with van der Waals surface area (Å²) >= 11 is 0. The van der Waals surface area contributed by atoms with Crippen LogP contribution in [0.4, 0.5) is 0 Å². The maximum absolute atomic E-state index is 13.3. The summed E-state index contributed by atoms with van der Waals surface area (Å²) in [5, 5.41) is 2.92. The van der Waals surface area contributed by atoms with Crippen molar-refractivity contribution in [1.82, 2.24) is 21.2 Å². The van der Waals surface area contributed by atoms with E-state index in [0.29, 0.717) is 0 Å². The van der Waals surface area contributed by atoms with Gasteiger partial charge in [-0.2, -0.15) is 11.0 Å². The summed E-state index contributed by atoms with van der Waals surface area (Å²) in [5.41, 5.74) is 6.08. The normalized spacial score (nSPS) is 17.2. The van der Waals surface area contributed by atoms with Crippen molar-refractivity contribution in [3.63, 3.8) is 0 Å². The van der Waals surface area contributed by atoms with Crippen molar-refractivity contribution in [1.29, 1.82) is 0 Å². The monoisotopic (exact) mass is 566 g/mol. The maximum Gasteiger partial charge on any atom is 0.292 e. The van der Waals surface area contributed by atoms with Crippen molar-refractivity contribution in [2.24, 2.45) is 0 Å². The predicted octanol–water partition coefficient (Wildman–Crippen LogP) is 2.31. The topological polar surface area (TPSA) is 126 Å². The van der Waals surface area contributed by atoms with Crippen molar-refractivity contribution in [2.75, 3.05) is 13.2 Å². The molecule has 1 aliphatic rings. The minimum Gasteiger partial charge on any atom is -0.321 e. The van der Waals surface area contributed by atoms with Gasteiger partial charge in [-0.3, -0.25) is 34.2 Å². The van der Waals surface area contributed by atoms with Crippen LogP contribution < -0.4 is 16.3 Å². The zero-order valence-corrected chi connectivity index (χ0v) is 24.7. The molecule has 0 aliphatic carbocycles. The summed E-state index contributed by atoms with van der Waals surface area (Å²) in [6.45, 7) is 10.8. The SMILES string of the molecule is CC(C)(C)ON[C@@H](Cc1ccccc1)C(=O)C(=O)C1CN(C(=O)C(=O)[C@H](Cc2ccccc2)NOC(C)(C)C)CN1. The van der Waals surface area contributed by atoms with Crippen LogP contribution >= 0.6 is 0 Å². The molecular weight excluding hydrogens is 524 g/mol. The van der Waals surface area contributed by atoms with Crippen LogP contribution in [0, 0.1) is 0 Å². The van der Waals surface area contributed by atoms with Gasteiger partial charge in [0.15, 0.2) is 0 Å². The average molecular weight is 567 g/mol. The van der Waals surface area contributed by atoms with Gasteiger partial charge in [0.25, 0.3) is 5.91 Å². The van der Waals surface area contributed by atoms with Crippen molar-refractivity contribution in [3.05, 3.63) is 71.8 Å². The minimum atomic E-state index is -0.944. The van der Waals surface area contributed by atoms with Crippen LogP contribution in [0.2, 0.25) is 0 Å². The summed E-state index contributed by atoms with van der Waals surface area (Å²) in [6, 6.07) is 15.8. The fraction of sp³-hybridized carbons (Fsp3) is 0.484. The summed E-state index contributed by atoms with van der Waals surface area (Å²) in [7, 11) is 0. The third-order valence-electron chi connectivity index (χ3n) is 6.20. The zero-order valence-electron chi connectivity index (χ0n) is 24.7. The zero-order chi connectivity index (χ0) is 30.2. The lowest BCUT2D eigenvalue weighted by Gasteiger charge is -2.25. The lowest BCUT2D eigenvalue weighted by Crippen LogP contribution is -2.51. The highest BCUT2D eigenvalue weighted by Crippen LogP contribution is 2.14. The van der Waals surface area contributed by atoms with Crippen LogP contribution in [0.25, 0.3) is 0 Å². The summed E-state index contributed by atoms with van der Waals surface area (Å²) in [5.74, 6) is -2.81. The number of rotatable bonds is 13. The molecule has 2 aromatic rings. The van der Waals surface area contributed by atoms with Crippen LogP contribution in [-0.2, 0) is 41.7 Å². The van der Waals surface area contributed by atoms with E-state index in [-0.39, 0.29) is 26.1 Å². The van der Waals surface area contributed by atoms with E-state index in [1.807, 2.05) is 102 Å². The number of nitrogens with one attached hydrogen (secondary N) is 3. The lowest BCUT2D eigenvalue weighted by molar-refractivity contribution is -0.150. The predicted molar refractivity (Wildman–Crippen MR) is 154 cm³/mol. The Labute approximate surface area is 242 Å². The second kappa shape index (κ2) is 14.1. The first-order valence-electron chi connectivity index (χ1n) is 13.8. The number of Topliss-reactive ketones (excluding diaryl/α,β-unsaturated/α-hetero) is 3. The number of ketones is 3. The third-order valence-corrected chi connectivity index (χ3v) is 6.20. The van der Waals surface area contributed by atoms with Gasteiger partial charge in [0.05, 0.1) is 23.9 Å². The Balaban J connectivity index is 1.68. The molecule has 10 nitrogen and oxygen atoms in total.